The standard InChI is InChI=1S/C36H46Cl2N2O7/c1-34(2,3)47-32(43)29-12-9-19-40(29)33(44)36(6)18-17-25(35(36,4)5)30(41)39-28(31(42)45-7)20-22-13-15-23(16-14-22)46-21-24-26(37)10-8-11-27(24)38/h8,10-11,13-16,25,28-29H,9,12,17-21H2,1-7H3,(H,39,41). The number of carbonyl (C=O) groups is 4. The van der Waals surface area contributed by atoms with Crippen molar-refractivity contribution in [2.45, 2.75) is 97.9 Å². The topological polar surface area (TPSA) is 111 Å². The fraction of sp³-hybridized carbons (Fsp3) is 0.556. The molecule has 11 heteroatoms. The van der Waals surface area contributed by atoms with Crippen LogP contribution in [0.15, 0.2) is 42.5 Å². The van der Waals surface area contributed by atoms with Crippen molar-refractivity contribution in [1.82, 2.24) is 10.2 Å². The molecular formula is C36H46Cl2N2O7. The van der Waals surface area contributed by atoms with Gasteiger partial charge in [-0.15, -0.1) is 0 Å². The van der Waals surface area contributed by atoms with Crippen LogP contribution in [0.5, 0.6) is 5.75 Å². The first kappa shape index (κ1) is 36.5. The van der Waals surface area contributed by atoms with Crippen LogP contribution in [0.4, 0.5) is 0 Å². The first-order valence-electron chi connectivity index (χ1n) is 16.1. The van der Waals surface area contributed by atoms with Gasteiger partial charge >= 0.3 is 11.9 Å². The first-order valence-corrected chi connectivity index (χ1v) is 16.8. The Kier molecular flexibility index (Phi) is 11.2. The minimum atomic E-state index is -0.935. The summed E-state index contributed by atoms with van der Waals surface area (Å²) in [5.74, 6) is -1.38. The molecule has 2 amide bonds. The van der Waals surface area contributed by atoms with E-state index in [0.717, 1.165) is 5.56 Å². The number of hydrogen-bond donors (Lipinski definition) is 1. The van der Waals surface area contributed by atoms with Gasteiger partial charge in [0.1, 0.15) is 30.0 Å². The first-order chi connectivity index (χ1) is 22.0. The predicted octanol–water partition coefficient (Wildman–Crippen LogP) is 6.55. The molecule has 1 N–H and O–H groups in total. The Balaban J connectivity index is 1.42. The molecule has 2 aromatic rings. The van der Waals surface area contributed by atoms with E-state index < -0.39 is 46.4 Å². The van der Waals surface area contributed by atoms with E-state index >= 15 is 0 Å². The second kappa shape index (κ2) is 14.4. The van der Waals surface area contributed by atoms with Crippen molar-refractivity contribution in [2.75, 3.05) is 13.7 Å². The lowest BCUT2D eigenvalue weighted by Crippen LogP contribution is -2.54. The van der Waals surface area contributed by atoms with Gasteiger partial charge in [-0.2, -0.15) is 0 Å². The van der Waals surface area contributed by atoms with E-state index in [-0.39, 0.29) is 24.8 Å². The smallest absolute Gasteiger partial charge is 0.329 e. The number of nitrogens with zero attached hydrogens (tertiary/aromatic N) is 1. The van der Waals surface area contributed by atoms with E-state index in [1.54, 1.807) is 35.2 Å². The maximum absolute atomic E-state index is 14.1. The number of benzene rings is 2. The minimum absolute atomic E-state index is 0.144. The van der Waals surface area contributed by atoms with Gasteiger partial charge in [0.25, 0.3) is 0 Å². The number of rotatable bonds is 10. The normalized spacial score (nSPS) is 22.8. The monoisotopic (exact) mass is 688 g/mol. The van der Waals surface area contributed by atoms with Gasteiger partial charge in [-0.3, -0.25) is 9.59 Å². The lowest BCUT2D eigenvalue weighted by atomic mass is 9.64. The highest BCUT2D eigenvalue weighted by atomic mass is 35.5. The maximum Gasteiger partial charge on any atom is 0.329 e. The Hall–Kier alpha value is -3.30. The molecule has 2 aliphatic rings. The zero-order valence-electron chi connectivity index (χ0n) is 28.3. The van der Waals surface area contributed by atoms with Gasteiger partial charge in [0.15, 0.2) is 0 Å². The second-order valence-electron chi connectivity index (χ2n) is 14.3. The molecule has 256 valence electrons. The van der Waals surface area contributed by atoms with Crippen LogP contribution in [0, 0.1) is 16.7 Å². The Morgan fingerprint density at radius 3 is 2.23 bits per heavy atom. The highest BCUT2D eigenvalue weighted by Gasteiger charge is 2.60. The third kappa shape index (κ3) is 8.06. The van der Waals surface area contributed by atoms with E-state index in [1.807, 2.05) is 53.7 Å². The number of likely N-dealkylation sites (tertiary alicyclic amines) is 1. The number of esters is 2. The van der Waals surface area contributed by atoms with Crippen molar-refractivity contribution in [1.29, 1.82) is 0 Å². The van der Waals surface area contributed by atoms with Crippen molar-refractivity contribution >= 4 is 47.0 Å². The van der Waals surface area contributed by atoms with Crippen molar-refractivity contribution in [3.63, 3.8) is 0 Å². The van der Waals surface area contributed by atoms with Gasteiger partial charge in [-0.1, -0.05) is 62.2 Å². The van der Waals surface area contributed by atoms with Crippen LogP contribution in [-0.2, 0) is 41.7 Å². The van der Waals surface area contributed by atoms with Crippen LogP contribution in [0.3, 0.4) is 0 Å². The van der Waals surface area contributed by atoms with E-state index in [9.17, 15) is 19.2 Å². The summed E-state index contributed by atoms with van der Waals surface area (Å²) in [5, 5.41) is 3.94. The molecule has 0 spiro atoms. The van der Waals surface area contributed by atoms with Crippen LogP contribution in [-0.4, -0.2) is 60.0 Å². The largest absolute Gasteiger partial charge is 0.489 e. The lowest BCUT2D eigenvalue weighted by molar-refractivity contribution is -0.167. The molecule has 1 saturated carbocycles. The van der Waals surface area contributed by atoms with Crippen LogP contribution in [0.2, 0.25) is 10.0 Å². The molecule has 2 aromatic carbocycles. The highest BCUT2D eigenvalue weighted by molar-refractivity contribution is 6.35. The summed E-state index contributed by atoms with van der Waals surface area (Å²) in [6, 6.07) is 10.9. The van der Waals surface area contributed by atoms with Gasteiger partial charge in [0.2, 0.25) is 11.8 Å². The number of nitrogens with one attached hydrogen (secondary N) is 1. The van der Waals surface area contributed by atoms with Crippen LogP contribution < -0.4 is 10.1 Å². The molecule has 1 aliphatic carbocycles. The molecule has 2 fully saturated rings. The molecular weight excluding hydrogens is 643 g/mol. The summed E-state index contributed by atoms with van der Waals surface area (Å²) >= 11 is 12.5. The SMILES string of the molecule is COC(=O)C(Cc1ccc(OCc2c(Cl)cccc2Cl)cc1)NC(=O)C1CCC(C)(C(=O)N2CCCC2C(=O)OC(C)(C)C)C1(C)C. The summed E-state index contributed by atoms with van der Waals surface area (Å²) in [6.07, 6.45) is 2.38. The van der Waals surface area contributed by atoms with Crippen molar-refractivity contribution in [3.8, 4) is 5.75 Å². The van der Waals surface area contributed by atoms with Crippen LogP contribution >= 0.6 is 23.2 Å². The van der Waals surface area contributed by atoms with Crippen molar-refractivity contribution in [2.24, 2.45) is 16.7 Å². The predicted molar refractivity (Wildman–Crippen MR) is 180 cm³/mol. The third-order valence-corrected chi connectivity index (χ3v) is 10.5. The third-order valence-electron chi connectivity index (χ3n) is 9.82. The average molecular weight is 690 g/mol. The number of methoxy groups -OCH3 is 1. The fourth-order valence-corrected chi connectivity index (χ4v) is 7.18. The van der Waals surface area contributed by atoms with E-state index in [0.29, 0.717) is 53.6 Å². The fourth-order valence-electron chi connectivity index (χ4n) is 6.67. The second-order valence-corrected chi connectivity index (χ2v) is 15.1. The van der Waals surface area contributed by atoms with Gasteiger partial charge < -0.3 is 24.4 Å². The minimum Gasteiger partial charge on any atom is -0.489 e. The molecule has 4 atom stereocenters. The molecule has 1 heterocycles. The average Bonchev–Trinajstić information content (AvgIpc) is 3.58. The van der Waals surface area contributed by atoms with E-state index in [4.69, 9.17) is 37.4 Å². The quantitative estimate of drug-likeness (QED) is 0.282. The Morgan fingerprint density at radius 1 is 1.00 bits per heavy atom. The lowest BCUT2D eigenvalue weighted by Gasteiger charge is -2.43. The summed E-state index contributed by atoms with van der Waals surface area (Å²) in [4.78, 5) is 55.4. The van der Waals surface area contributed by atoms with Crippen LogP contribution in [0.1, 0.15) is 78.4 Å². The molecule has 1 saturated heterocycles. The molecule has 4 unspecified atom stereocenters. The zero-order chi connectivity index (χ0) is 34.7. The molecule has 0 bridgehead atoms. The number of amides is 2. The number of ether oxygens (including phenoxy) is 3. The Morgan fingerprint density at radius 2 is 1.64 bits per heavy atom. The maximum atomic E-state index is 14.1. The summed E-state index contributed by atoms with van der Waals surface area (Å²) in [6.45, 7) is 11.8. The molecule has 4 rings (SSSR count). The van der Waals surface area contributed by atoms with Crippen molar-refractivity contribution in [3.05, 3.63) is 63.6 Å². The molecule has 0 aromatic heterocycles. The van der Waals surface area contributed by atoms with E-state index in [1.165, 1.54) is 7.11 Å². The van der Waals surface area contributed by atoms with Gasteiger partial charge in [-0.05, 0) is 81.7 Å². The highest BCUT2D eigenvalue weighted by Crippen LogP contribution is 2.57. The summed E-state index contributed by atoms with van der Waals surface area (Å²) in [7, 11) is 1.28. The van der Waals surface area contributed by atoms with Gasteiger partial charge in [0, 0.05) is 34.5 Å². The summed E-state index contributed by atoms with van der Waals surface area (Å²) < 4.78 is 16.5. The zero-order valence-corrected chi connectivity index (χ0v) is 29.8. The molecule has 0 radical (unpaired) electrons. The van der Waals surface area contributed by atoms with Gasteiger partial charge in [0.05, 0.1) is 12.5 Å². The Bertz CT molecular complexity index is 1470. The van der Waals surface area contributed by atoms with Gasteiger partial charge in [-0.25, -0.2) is 9.59 Å². The number of hydrogen-bond acceptors (Lipinski definition) is 7. The summed E-state index contributed by atoms with van der Waals surface area (Å²) in [5.41, 5.74) is -0.850. The number of carbonyl (C=O) groups excluding carboxylic acids is 4. The van der Waals surface area contributed by atoms with E-state index in [2.05, 4.69) is 5.32 Å². The number of halogens is 2. The van der Waals surface area contributed by atoms with Crippen molar-refractivity contribution < 1.29 is 33.4 Å². The molecule has 9 nitrogen and oxygen atoms in total. The molecule has 1 aliphatic heterocycles. The Labute approximate surface area is 287 Å². The molecule has 47 heavy (non-hydrogen) atoms. The van der Waals surface area contributed by atoms with Crippen LogP contribution in [0.25, 0.3) is 0 Å².